The number of piperidine rings is 1. The number of fused-ring (bicyclic) bond motifs is 1. The van der Waals surface area contributed by atoms with Crippen LogP contribution in [0.3, 0.4) is 0 Å². The quantitative estimate of drug-likeness (QED) is 0.644. The molecule has 2 heterocycles. The minimum Gasteiger partial charge on any atom is -0.494 e. The van der Waals surface area contributed by atoms with Crippen molar-refractivity contribution in [2.75, 3.05) is 19.7 Å². The van der Waals surface area contributed by atoms with Crippen molar-refractivity contribution in [2.24, 2.45) is 0 Å². The molecule has 1 amide bonds. The zero-order valence-corrected chi connectivity index (χ0v) is 15.6. The summed E-state index contributed by atoms with van der Waals surface area (Å²) in [4.78, 5) is 18.0. The van der Waals surface area contributed by atoms with Crippen LogP contribution in [0, 0.1) is 0 Å². The summed E-state index contributed by atoms with van der Waals surface area (Å²) in [6.07, 6.45) is 3.37. The van der Waals surface area contributed by atoms with E-state index in [0.29, 0.717) is 18.9 Å². The van der Waals surface area contributed by atoms with Crippen LogP contribution in [0.15, 0.2) is 60.7 Å². The van der Waals surface area contributed by atoms with Crippen molar-refractivity contribution in [3.05, 3.63) is 66.4 Å². The maximum Gasteiger partial charge on any atom is 0.222 e. The Morgan fingerprint density at radius 2 is 1.78 bits per heavy atom. The maximum atomic E-state index is 12.5. The van der Waals surface area contributed by atoms with E-state index in [1.807, 2.05) is 35.2 Å². The Bertz CT molecular complexity index is 847. The van der Waals surface area contributed by atoms with Crippen molar-refractivity contribution >= 4 is 16.8 Å². The normalized spacial score (nSPS) is 15.2. The largest absolute Gasteiger partial charge is 0.494 e. The Balaban J connectivity index is 1.22. The van der Waals surface area contributed by atoms with E-state index in [-0.39, 0.29) is 5.91 Å². The lowest BCUT2D eigenvalue weighted by atomic mass is 9.93. The molecule has 140 valence electrons. The van der Waals surface area contributed by atoms with Gasteiger partial charge in [-0.1, -0.05) is 36.4 Å². The Morgan fingerprint density at radius 3 is 2.56 bits per heavy atom. The Hall–Kier alpha value is -2.75. The Labute approximate surface area is 160 Å². The molecule has 1 saturated heterocycles. The molecule has 0 saturated carbocycles. The fraction of sp³-hybridized carbons (Fsp3) is 0.348. The van der Waals surface area contributed by atoms with Gasteiger partial charge in [-0.15, -0.1) is 0 Å². The number of nitrogens with zero attached hydrogens (tertiary/aromatic N) is 1. The van der Waals surface area contributed by atoms with Gasteiger partial charge in [0.25, 0.3) is 0 Å². The second-order valence-corrected chi connectivity index (χ2v) is 7.23. The van der Waals surface area contributed by atoms with Crippen LogP contribution in [-0.4, -0.2) is 35.5 Å². The molecule has 0 aliphatic carbocycles. The molecule has 4 heteroatoms. The Morgan fingerprint density at radius 1 is 1.04 bits per heavy atom. The lowest BCUT2D eigenvalue weighted by Crippen LogP contribution is -2.38. The van der Waals surface area contributed by atoms with E-state index in [1.165, 1.54) is 16.6 Å². The van der Waals surface area contributed by atoms with Crippen molar-refractivity contribution in [1.29, 1.82) is 0 Å². The number of likely N-dealkylation sites (tertiary alicyclic amines) is 1. The maximum absolute atomic E-state index is 12.5. The molecular weight excluding hydrogens is 336 g/mol. The number of benzene rings is 2. The summed E-state index contributed by atoms with van der Waals surface area (Å²) in [6, 6.07) is 20.4. The second-order valence-electron chi connectivity index (χ2n) is 7.23. The van der Waals surface area contributed by atoms with Crippen LogP contribution in [0.25, 0.3) is 10.9 Å². The number of nitrogens with one attached hydrogen (secondary N) is 1. The first-order valence-corrected chi connectivity index (χ1v) is 9.83. The van der Waals surface area contributed by atoms with Gasteiger partial charge in [-0.2, -0.15) is 0 Å². The van der Waals surface area contributed by atoms with E-state index in [2.05, 4.69) is 35.3 Å². The highest BCUT2D eigenvalue weighted by atomic mass is 16.5. The van der Waals surface area contributed by atoms with Crippen LogP contribution in [0.2, 0.25) is 0 Å². The predicted molar refractivity (Wildman–Crippen MR) is 108 cm³/mol. The number of hydrogen-bond acceptors (Lipinski definition) is 2. The van der Waals surface area contributed by atoms with Crippen LogP contribution in [0.4, 0.5) is 0 Å². The topological polar surface area (TPSA) is 45.3 Å². The molecule has 0 spiro atoms. The number of aromatic nitrogens is 1. The minimum absolute atomic E-state index is 0.252. The van der Waals surface area contributed by atoms with Crippen molar-refractivity contribution < 1.29 is 9.53 Å². The molecule has 4 nitrogen and oxygen atoms in total. The summed E-state index contributed by atoms with van der Waals surface area (Å²) in [5.74, 6) is 1.63. The van der Waals surface area contributed by atoms with Gasteiger partial charge < -0.3 is 14.6 Å². The third-order valence-corrected chi connectivity index (χ3v) is 5.39. The predicted octanol–water partition coefficient (Wildman–Crippen LogP) is 4.73. The zero-order chi connectivity index (χ0) is 18.5. The summed E-state index contributed by atoms with van der Waals surface area (Å²) in [7, 11) is 0. The Kier molecular flexibility index (Phi) is 5.42. The van der Waals surface area contributed by atoms with Crippen molar-refractivity contribution in [3.8, 4) is 5.75 Å². The first kappa shape index (κ1) is 17.7. The molecule has 0 atom stereocenters. The molecule has 0 unspecified atom stereocenters. The third kappa shape index (κ3) is 4.33. The molecule has 1 aromatic heterocycles. The van der Waals surface area contributed by atoms with Crippen LogP contribution in [0.5, 0.6) is 5.75 Å². The molecule has 0 bridgehead atoms. The average Bonchev–Trinajstić information content (AvgIpc) is 3.16. The molecule has 1 aliphatic rings. The van der Waals surface area contributed by atoms with E-state index in [0.717, 1.165) is 38.1 Å². The second kappa shape index (κ2) is 8.30. The van der Waals surface area contributed by atoms with Gasteiger partial charge in [-0.25, -0.2) is 0 Å². The number of aromatic amines is 1. The van der Waals surface area contributed by atoms with E-state index in [9.17, 15) is 4.79 Å². The lowest BCUT2D eigenvalue weighted by molar-refractivity contribution is -0.132. The fourth-order valence-electron chi connectivity index (χ4n) is 3.84. The van der Waals surface area contributed by atoms with Crippen LogP contribution in [0.1, 0.15) is 37.3 Å². The van der Waals surface area contributed by atoms with Crippen molar-refractivity contribution in [2.45, 2.75) is 31.6 Å². The molecule has 1 aliphatic heterocycles. The molecule has 1 N–H and O–H groups in total. The summed E-state index contributed by atoms with van der Waals surface area (Å²) >= 11 is 0. The zero-order valence-electron chi connectivity index (χ0n) is 15.6. The summed E-state index contributed by atoms with van der Waals surface area (Å²) in [5.41, 5.74) is 2.50. The number of H-pyrrole nitrogens is 1. The standard InChI is InChI=1S/C23H26N2O2/c26-23(11-6-16-27-20-8-2-1-3-9-20)25-14-12-18(13-15-25)22-17-19-7-4-5-10-21(19)24-22/h1-5,7-10,17-18,24H,6,11-16H2. The van der Waals surface area contributed by atoms with Crippen LogP contribution in [-0.2, 0) is 4.79 Å². The van der Waals surface area contributed by atoms with Gasteiger partial charge in [0.1, 0.15) is 5.75 Å². The number of hydrogen-bond donors (Lipinski definition) is 1. The number of ether oxygens (including phenoxy) is 1. The monoisotopic (exact) mass is 362 g/mol. The van der Waals surface area contributed by atoms with E-state index < -0.39 is 0 Å². The molecule has 0 radical (unpaired) electrons. The van der Waals surface area contributed by atoms with Gasteiger partial charge in [0.15, 0.2) is 0 Å². The van der Waals surface area contributed by atoms with E-state index in [4.69, 9.17) is 4.74 Å². The smallest absolute Gasteiger partial charge is 0.222 e. The molecule has 27 heavy (non-hydrogen) atoms. The number of carbonyl (C=O) groups is 1. The number of amides is 1. The highest BCUT2D eigenvalue weighted by Crippen LogP contribution is 2.30. The van der Waals surface area contributed by atoms with Gasteiger partial charge >= 0.3 is 0 Å². The first-order chi connectivity index (χ1) is 13.3. The van der Waals surface area contributed by atoms with Crippen molar-refractivity contribution in [1.82, 2.24) is 9.88 Å². The van der Waals surface area contributed by atoms with Gasteiger partial charge in [0, 0.05) is 36.6 Å². The molecule has 4 rings (SSSR count). The molecule has 1 fully saturated rings. The summed E-state index contributed by atoms with van der Waals surface area (Å²) in [6.45, 7) is 2.28. The average molecular weight is 362 g/mol. The summed E-state index contributed by atoms with van der Waals surface area (Å²) in [5, 5.41) is 1.27. The first-order valence-electron chi connectivity index (χ1n) is 9.83. The highest BCUT2D eigenvalue weighted by molar-refractivity contribution is 5.80. The number of rotatable bonds is 6. The van der Waals surface area contributed by atoms with E-state index in [1.54, 1.807) is 0 Å². The summed E-state index contributed by atoms with van der Waals surface area (Å²) < 4.78 is 5.67. The minimum atomic E-state index is 0.252. The lowest BCUT2D eigenvalue weighted by Gasteiger charge is -2.31. The van der Waals surface area contributed by atoms with Crippen LogP contribution < -0.4 is 4.74 Å². The van der Waals surface area contributed by atoms with Gasteiger partial charge in [-0.05, 0) is 48.9 Å². The van der Waals surface area contributed by atoms with E-state index >= 15 is 0 Å². The van der Waals surface area contributed by atoms with Crippen LogP contribution >= 0.6 is 0 Å². The van der Waals surface area contributed by atoms with Gasteiger partial charge in [0.2, 0.25) is 5.91 Å². The highest BCUT2D eigenvalue weighted by Gasteiger charge is 2.24. The third-order valence-electron chi connectivity index (χ3n) is 5.39. The molecule has 3 aromatic rings. The number of carbonyl (C=O) groups excluding carboxylic acids is 1. The van der Waals surface area contributed by atoms with Gasteiger partial charge in [-0.3, -0.25) is 4.79 Å². The molecular formula is C23H26N2O2. The fourth-order valence-corrected chi connectivity index (χ4v) is 3.84. The SMILES string of the molecule is O=C(CCCOc1ccccc1)N1CCC(c2cc3ccccc3[nH]2)CC1. The van der Waals surface area contributed by atoms with Crippen molar-refractivity contribution in [3.63, 3.8) is 0 Å². The number of para-hydroxylation sites is 2. The van der Waals surface area contributed by atoms with Gasteiger partial charge in [0.05, 0.1) is 6.61 Å². The molecule has 2 aromatic carbocycles.